The van der Waals surface area contributed by atoms with Crippen molar-refractivity contribution in [3.05, 3.63) is 24.3 Å². The van der Waals surface area contributed by atoms with E-state index in [1.165, 1.54) is 12.0 Å². The molecule has 0 amide bonds. The van der Waals surface area contributed by atoms with Gasteiger partial charge in [0.1, 0.15) is 25.6 Å². The Morgan fingerprint density at radius 3 is 2.62 bits per heavy atom. The van der Waals surface area contributed by atoms with Crippen LogP contribution >= 0.6 is 12.0 Å². The fourth-order valence-electron chi connectivity index (χ4n) is 2.14. The highest BCUT2D eigenvalue weighted by molar-refractivity contribution is 7.94. The van der Waals surface area contributed by atoms with Crippen molar-refractivity contribution in [1.82, 2.24) is 0 Å². The van der Waals surface area contributed by atoms with E-state index in [1.807, 2.05) is 24.3 Å². The third kappa shape index (κ3) is 6.53. The quantitative estimate of drug-likeness (QED) is 0.465. The van der Waals surface area contributed by atoms with Gasteiger partial charge in [0.15, 0.2) is 0 Å². The molecular weight excluding hydrogens is 354 g/mol. The van der Waals surface area contributed by atoms with Gasteiger partial charge in [0.2, 0.25) is 0 Å². The number of carbonyl (C=O) groups is 1. The van der Waals surface area contributed by atoms with Crippen LogP contribution in [0.5, 0.6) is 5.75 Å². The summed E-state index contributed by atoms with van der Waals surface area (Å²) in [4.78, 5) is 12.5. The normalized spacial score (nSPS) is 15.2. The van der Waals surface area contributed by atoms with Gasteiger partial charge < -0.3 is 23.7 Å². The van der Waals surface area contributed by atoms with Crippen LogP contribution in [-0.2, 0) is 13.7 Å². The van der Waals surface area contributed by atoms with E-state index in [0.29, 0.717) is 6.61 Å². The fourth-order valence-corrected chi connectivity index (χ4v) is 3.19. The molecule has 0 spiro atoms. The summed E-state index contributed by atoms with van der Waals surface area (Å²) < 4.78 is 15.8. The second-order valence-corrected chi connectivity index (χ2v) is 6.75. The standard InChI is InChI=1S/C19H21NO5S/c1-19(2)14-25-26-15-20(19)16-7-9-17(10-8-16)24-12-6-4-3-5-11-23-13-18(21)22/h7-10H,11-15H2,1-2H3,(H,21,22). The molecule has 1 heterocycles. The third-order valence-electron chi connectivity index (χ3n) is 3.51. The first-order chi connectivity index (χ1) is 12.5. The number of benzene rings is 1. The summed E-state index contributed by atoms with van der Waals surface area (Å²) in [6, 6.07) is 7.88. The van der Waals surface area contributed by atoms with Crippen LogP contribution < -0.4 is 9.64 Å². The molecule has 6 nitrogen and oxygen atoms in total. The lowest BCUT2D eigenvalue weighted by Crippen LogP contribution is -2.50. The highest BCUT2D eigenvalue weighted by atomic mass is 32.2. The Kier molecular flexibility index (Phi) is 7.68. The Morgan fingerprint density at radius 1 is 1.27 bits per heavy atom. The van der Waals surface area contributed by atoms with Gasteiger partial charge in [-0.1, -0.05) is 5.92 Å². The average Bonchev–Trinajstić information content (AvgIpc) is 2.60. The molecule has 138 valence electrons. The number of anilines is 1. The number of hydrogen-bond donors (Lipinski definition) is 1. The molecular formula is C19H21NO5S. The molecule has 26 heavy (non-hydrogen) atoms. The molecule has 0 unspecified atom stereocenters. The lowest BCUT2D eigenvalue weighted by molar-refractivity contribution is -0.141. The highest BCUT2D eigenvalue weighted by Gasteiger charge is 2.31. The SMILES string of the molecule is CC1(C)COSCN1c1ccc(OCC#CC#CCOCC(=O)O)cc1. The van der Waals surface area contributed by atoms with Crippen molar-refractivity contribution < 1.29 is 23.6 Å². The average molecular weight is 375 g/mol. The number of nitrogens with zero attached hydrogens (tertiary/aromatic N) is 1. The van der Waals surface area contributed by atoms with E-state index < -0.39 is 5.97 Å². The number of ether oxygens (including phenoxy) is 2. The van der Waals surface area contributed by atoms with Crippen LogP contribution in [0.25, 0.3) is 0 Å². The Morgan fingerprint density at radius 2 is 1.96 bits per heavy atom. The minimum Gasteiger partial charge on any atom is -0.481 e. The molecule has 0 aliphatic carbocycles. The lowest BCUT2D eigenvalue weighted by atomic mass is 10.0. The van der Waals surface area contributed by atoms with Gasteiger partial charge >= 0.3 is 5.97 Å². The van der Waals surface area contributed by atoms with Crippen molar-refractivity contribution in [2.75, 3.05) is 37.2 Å². The number of carboxylic acids is 1. The van der Waals surface area contributed by atoms with Gasteiger partial charge in [-0.2, -0.15) is 0 Å². The zero-order valence-corrected chi connectivity index (χ0v) is 15.6. The molecule has 0 bridgehead atoms. The molecule has 1 saturated heterocycles. The maximum Gasteiger partial charge on any atom is 0.329 e. The predicted molar refractivity (Wildman–Crippen MR) is 101 cm³/mol. The van der Waals surface area contributed by atoms with Crippen molar-refractivity contribution in [2.45, 2.75) is 19.4 Å². The first kappa shape index (κ1) is 20.0. The number of carboxylic acid groups (broad SMARTS) is 1. The van der Waals surface area contributed by atoms with Crippen LogP contribution in [0.1, 0.15) is 13.8 Å². The Balaban J connectivity index is 1.77. The van der Waals surface area contributed by atoms with Crippen molar-refractivity contribution in [3.8, 4) is 29.4 Å². The smallest absolute Gasteiger partial charge is 0.329 e. The number of rotatable bonds is 6. The topological polar surface area (TPSA) is 68.2 Å². The summed E-state index contributed by atoms with van der Waals surface area (Å²) >= 11 is 1.46. The Labute approximate surface area is 158 Å². The lowest BCUT2D eigenvalue weighted by Gasteiger charge is -2.42. The van der Waals surface area contributed by atoms with Crippen LogP contribution in [0.15, 0.2) is 24.3 Å². The van der Waals surface area contributed by atoms with Crippen molar-refractivity contribution in [1.29, 1.82) is 0 Å². The van der Waals surface area contributed by atoms with E-state index in [2.05, 4.69) is 42.4 Å². The van der Waals surface area contributed by atoms with Crippen molar-refractivity contribution >= 4 is 23.7 Å². The zero-order chi connectivity index (χ0) is 18.8. The maximum absolute atomic E-state index is 10.2. The molecule has 2 rings (SSSR count). The van der Waals surface area contributed by atoms with Gasteiger partial charge in [-0.25, -0.2) is 4.79 Å². The fraction of sp³-hybridized carbons (Fsp3) is 0.421. The van der Waals surface area contributed by atoms with Crippen LogP contribution in [0.2, 0.25) is 0 Å². The van der Waals surface area contributed by atoms with E-state index >= 15 is 0 Å². The Hall–Kier alpha value is -2.32. The van der Waals surface area contributed by atoms with Gasteiger partial charge in [-0.3, -0.25) is 0 Å². The molecule has 1 aliphatic rings. The zero-order valence-electron chi connectivity index (χ0n) is 14.8. The van der Waals surface area contributed by atoms with Gasteiger partial charge in [0, 0.05) is 17.7 Å². The number of aliphatic carboxylic acids is 1. The monoisotopic (exact) mass is 375 g/mol. The van der Waals surface area contributed by atoms with E-state index in [0.717, 1.165) is 17.3 Å². The largest absolute Gasteiger partial charge is 0.481 e. The first-order valence-corrected chi connectivity index (χ1v) is 8.90. The molecule has 0 saturated carbocycles. The number of hydrogen-bond acceptors (Lipinski definition) is 6. The van der Waals surface area contributed by atoms with Crippen LogP contribution in [0.3, 0.4) is 0 Å². The first-order valence-electron chi connectivity index (χ1n) is 7.99. The Bertz CT molecular complexity index is 724. The molecule has 1 aromatic rings. The van der Waals surface area contributed by atoms with Gasteiger partial charge in [-0.05, 0) is 55.9 Å². The minimum absolute atomic E-state index is 0.0411. The molecule has 1 N–H and O–H groups in total. The molecule has 1 aliphatic heterocycles. The summed E-state index contributed by atoms with van der Waals surface area (Å²) in [5.74, 6) is 11.1. The van der Waals surface area contributed by atoms with Crippen molar-refractivity contribution in [3.63, 3.8) is 0 Å². The summed E-state index contributed by atoms with van der Waals surface area (Å²) in [5, 5.41) is 8.38. The van der Waals surface area contributed by atoms with Gasteiger partial charge in [0.25, 0.3) is 0 Å². The van der Waals surface area contributed by atoms with E-state index in [1.54, 1.807) is 0 Å². The summed E-state index contributed by atoms with van der Waals surface area (Å²) in [6.45, 7) is 4.89. The van der Waals surface area contributed by atoms with Crippen LogP contribution in [0, 0.1) is 23.7 Å². The molecule has 7 heteroatoms. The second kappa shape index (κ2) is 9.98. The van der Waals surface area contributed by atoms with Gasteiger partial charge in [0.05, 0.1) is 18.0 Å². The third-order valence-corrected chi connectivity index (χ3v) is 4.15. The van der Waals surface area contributed by atoms with Crippen LogP contribution in [-0.4, -0.2) is 48.9 Å². The van der Waals surface area contributed by atoms with E-state index in [9.17, 15) is 4.79 Å². The van der Waals surface area contributed by atoms with Gasteiger partial charge in [-0.15, -0.1) is 0 Å². The summed E-state index contributed by atoms with van der Waals surface area (Å²) in [7, 11) is 0. The second-order valence-electron chi connectivity index (χ2n) is 6.02. The van der Waals surface area contributed by atoms with E-state index in [4.69, 9.17) is 18.8 Å². The maximum atomic E-state index is 10.2. The van der Waals surface area contributed by atoms with Crippen molar-refractivity contribution in [2.24, 2.45) is 0 Å². The minimum atomic E-state index is -1.02. The molecule has 1 aromatic carbocycles. The predicted octanol–water partition coefficient (Wildman–Crippen LogP) is 2.39. The van der Waals surface area contributed by atoms with Crippen LogP contribution in [0.4, 0.5) is 5.69 Å². The highest BCUT2D eigenvalue weighted by Crippen LogP contribution is 2.32. The summed E-state index contributed by atoms with van der Waals surface area (Å²) in [6.07, 6.45) is 0. The molecule has 0 aromatic heterocycles. The molecule has 1 fully saturated rings. The molecule has 0 atom stereocenters. The molecule has 0 radical (unpaired) electrons. The summed E-state index contributed by atoms with van der Waals surface area (Å²) in [5.41, 5.74) is 1.07. The van der Waals surface area contributed by atoms with E-state index in [-0.39, 0.29) is 25.4 Å².